The van der Waals surface area contributed by atoms with Crippen molar-refractivity contribution in [3.63, 3.8) is 0 Å². The zero-order chi connectivity index (χ0) is 21.9. The van der Waals surface area contributed by atoms with Gasteiger partial charge in [-0.3, -0.25) is 0 Å². The second kappa shape index (κ2) is 8.73. The number of hydrogen-bond acceptors (Lipinski definition) is 6. The minimum absolute atomic E-state index is 0.0750. The summed E-state index contributed by atoms with van der Waals surface area (Å²) in [5, 5.41) is 9.26. The van der Waals surface area contributed by atoms with Crippen molar-refractivity contribution < 1.29 is 22.7 Å². The molecule has 0 saturated carbocycles. The first-order chi connectivity index (χ1) is 14.3. The van der Waals surface area contributed by atoms with Crippen molar-refractivity contribution in [2.75, 3.05) is 33.3 Å². The maximum absolute atomic E-state index is 13.4. The molecule has 0 aliphatic carbocycles. The number of ether oxygens (including phenoxy) is 2. The van der Waals surface area contributed by atoms with Crippen LogP contribution in [0.3, 0.4) is 0 Å². The molecule has 0 spiro atoms. The molecule has 1 amide bonds. The number of amides is 1. The van der Waals surface area contributed by atoms with Crippen LogP contribution in [0.5, 0.6) is 11.5 Å². The number of carbonyl (C=O) groups is 1. The number of sulfonamides is 1. The number of piperazine rings is 1. The molecule has 0 atom stereocenters. The van der Waals surface area contributed by atoms with Gasteiger partial charge < -0.3 is 14.4 Å². The third-order valence-electron chi connectivity index (χ3n) is 4.93. The van der Waals surface area contributed by atoms with Gasteiger partial charge in [-0.1, -0.05) is 12.1 Å². The van der Waals surface area contributed by atoms with Crippen LogP contribution in [0.2, 0.25) is 0 Å². The first kappa shape index (κ1) is 21.6. The zero-order valence-electron chi connectivity index (χ0n) is 17.1. The molecule has 1 heterocycles. The van der Waals surface area contributed by atoms with Gasteiger partial charge in [0.15, 0.2) is 0 Å². The number of benzene rings is 2. The smallest absolute Gasteiger partial charge is 0.409 e. The number of hydrogen-bond donors (Lipinski definition) is 0. The van der Waals surface area contributed by atoms with Crippen molar-refractivity contribution in [2.24, 2.45) is 0 Å². The van der Waals surface area contributed by atoms with Gasteiger partial charge in [-0.25, -0.2) is 13.2 Å². The fourth-order valence-corrected chi connectivity index (χ4v) is 4.74. The lowest BCUT2D eigenvalue weighted by molar-refractivity contribution is 0.108. The molecule has 9 heteroatoms. The van der Waals surface area contributed by atoms with Crippen LogP contribution in [-0.4, -0.2) is 57.0 Å². The van der Waals surface area contributed by atoms with Crippen LogP contribution in [0.15, 0.2) is 41.3 Å². The van der Waals surface area contributed by atoms with E-state index in [2.05, 4.69) is 0 Å². The minimum atomic E-state index is -3.95. The van der Waals surface area contributed by atoms with Gasteiger partial charge in [-0.05, 0) is 49.2 Å². The number of nitrogens with zero attached hydrogens (tertiary/aromatic N) is 3. The van der Waals surface area contributed by atoms with E-state index in [1.807, 2.05) is 38.1 Å². The molecule has 158 valence electrons. The highest BCUT2D eigenvalue weighted by Crippen LogP contribution is 2.34. The molecule has 1 aliphatic heterocycles. The van der Waals surface area contributed by atoms with Gasteiger partial charge in [-0.15, -0.1) is 0 Å². The normalized spacial score (nSPS) is 14.8. The van der Waals surface area contributed by atoms with Crippen molar-refractivity contribution in [2.45, 2.75) is 18.7 Å². The Labute approximate surface area is 176 Å². The third-order valence-corrected chi connectivity index (χ3v) is 6.85. The Hall–Kier alpha value is -3.09. The maximum Gasteiger partial charge on any atom is 0.409 e. The zero-order valence-corrected chi connectivity index (χ0v) is 17.9. The average molecular weight is 429 g/mol. The molecule has 3 rings (SSSR count). The van der Waals surface area contributed by atoms with Crippen LogP contribution in [0.1, 0.15) is 16.7 Å². The lowest BCUT2D eigenvalue weighted by Crippen LogP contribution is -2.50. The van der Waals surface area contributed by atoms with E-state index in [0.717, 1.165) is 11.1 Å². The number of aryl methyl sites for hydroxylation is 2. The van der Waals surface area contributed by atoms with E-state index >= 15 is 0 Å². The highest BCUT2D eigenvalue weighted by Gasteiger charge is 2.33. The maximum atomic E-state index is 13.4. The monoisotopic (exact) mass is 429 g/mol. The van der Waals surface area contributed by atoms with Crippen LogP contribution in [-0.2, 0) is 14.8 Å². The van der Waals surface area contributed by atoms with Gasteiger partial charge in [0.25, 0.3) is 0 Å². The molecule has 1 saturated heterocycles. The highest BCUT2D eigenvalue weighted by molar-refractivity contribution is 7.89. The van der Waals surface area contributed by atoms with E-state index in [-0.39, 0.29) is 42.4 Å². The summed E-state index contributed by atoms with van der Waals surface area (Å²) in [4.78, 5) is 13.0. The van der Waals surface area contributed by atoms with E-state index in [1.54, 1.807) is 0 Å². The predicted molar refractivity (Wildman–Crippen MR) is 110 cm³/mol. The predicted octanol–water partition coefficient (Wildman–Crippen LogP) is 3.04. The van der Waals surface area contributed by atoms with Crippen LogP contribution < -0.4 is 4.74 Å². The molecule has 0 N–H and O–H groups in total. The Morgan fingerprint density at radius 2 is 1.73 bits per heavy atom. The first-order valence-corrected chi connectivity index (χ1v) is 10.8. The van der Waals surface area contributed by atoms with Crippen molar-refractivity contribution in [1.82, 2.24) is 9.21 Å². The van der Waals surface area contributed by atoms with Crippen molar-refractivity contribution in [3.05, 3.63) is 53.1 Å². The number of methoxy groups -OCH3 is 1. The summed E-state index contributed by atoms with van der Waals surface area (Å²) in [7, 11) is -2.66. The van der Waals surface area contributed by atoms with Crippen LogP contribution >= 0.6 is 0 Å². The number of carbonyl (C=O) groups excluding carboxylic acids is 1. The second-order valence-electron chi connectivity index (χ2n) is 7.01. The Balaban J connectivity index is 1.95. The van der Waals surface area contributed by atoms with E-state index in [4.69, 9.17) is 9.47 Å². The Bertz CT molecular complexity index is 1100. The van der Waals surface area contributed by atoms with Gasteiger partial charge in [0.05, 0.1) is 18.7 Å². The molecule has 2 aromatic rings. The summed E-state index contributed by atoms with van der Waals surface area (Å²) >= 11 is 0. The Kier molecular flexibility index (Phi) is 6.29. The molecule has 1 fully saturated rings. The second-order valence-corrected chi connectivity index (χ2v) is 8.91. The standard InChI is InChI=1S/C21H23N3O5S/c1-15-4-5-16(2)19(12-15)29-18-7-6-17(14-22)13-20(18)30(26,27)24-10-8-23(9-11-24)21(25)28-3/h4-7,12-13H,8-11H2,1-3H3. The highest BCUT2D eigenvalue weighted by atomic mass is 32.2. The summed E-state index contributed by atoms with van der Waals surface area (Å²) < 4.78 is 38.7. The molecular weight excluding hydrogens is 406 g/mol. The molecular formula is C21H23N3O5S. The molecule has 0 bridgehead atoms. The molecule has 0 aromatic heterocycles. The van der Waals surface area contributed by atoms with Crippen LogP contribution in [0.4, 0.5) is 4.79 Å². The minimum Gasteiger partial charge on any atom is -0.456 e. The van der Waals surface area contributed by atoms with Gasteiger partial charge in [-0.2, -0.15) is 9.57 Å². The van der Waals surface area contributed by atoms with E-state index in [1.165, 1.54) is 34.5 Å². The Morgan fingerprint density at radius 1 is 1.03 bits per heavy atom. The quantitative estimate of drug-likeness (QED) is 0.741. The fourth-order valence-electron chi connectivity index (χ4n) is 3.18. The lowest BCUT2D eigenvalue weighted by Gasteiger charge is -2.33. The van der Waals surface area contributed by atoms with Gasteiger partial charge in [0.1, 0.15) is 16.4 Å². The fraction of sp³-hybridized carbons (Fsp3) is 0.333. The molecule has 0 radical (unpaired) electrons. The summed E-state index contributed by atoms with van der Waals surface area (Å²) in [6.07, 6.45) is -0.488. The molecule has 1 aliphatic rings. The molecule has 30 heavy (non-hydrogen) atoms. The molecule has 0 unspecified atom stereocenters. The van der Waals surface area contributed by atoms with Gasteiger partial charge >= 0.3 is 6.09 Å². The largest absolute Gasteiger partial charge is 0.456 e. The number of nitriles is 1. The summed E-state index contributed by atoms with van der Waals surface area (Å²) in [6, 6.07) is 12.0. The van der Waals surface area contributed by atoms with E-state index in [9.17, 15) is 18.5 Å². The number of rotatable bonds is 4. The van der Waals surface area contributed by atoms with Gasteiger partial charge in [0.2, 0.25) is 10.0 Å². The van der Waals surface area contributed by atoms with Gasteiger partial charge in [0, 0.05) is 26.2 Å². The van der Waals surface area contributed by atoms with E-state index < -0.39 is 16.1 Å². The lowest BCUT2D eigenvalue weighted by atomic mass is 10.1. The SMILES string of the molecule is COC(=O)N1CCN(S(=O)(=O)c2cc(C#N)ccc2Oc2cc(C)ccc2C)CC1. The average Bonchev–Trinajstić information content (AvgIpc) is 2.76. The van der Waals surface area contributed by atoms with E-state index in [0.29, 0.717) is 5.75 Å². The first-order valence-electron chi connectivity index (χ1n) is 9.38. The Morgan fingerprint density at radius 3 is 2.37 bits per heavy atom. The van der Waals surface area contributed by atoms with Crippen LogP contribution in [0.25, 0.3) is 0 Å². The topological polar surface area (TPSA) is 99.9 Å². The summed E-state index contributed by atoms with van der Waals surface area (Å²) in [5.41, 5.74) is 2.06. The van der Waals surface area contributed by atoms with Crippen molar-refractivity contribution in [1.29, 1.82) is 5.26 Å². The summed E-state index contributed by atoms with van der Waals surface area (Å²) in [5.74, 6) is 0.699. The third kappa shape index (κ3) is 4.40. The van der Waals surface area contributed by atoms with Crippen molar-refractivity contribution in [3.8, 4) is 17.6 Å². The molecule has 8 nitrogen and oxygen atoms in total. The molecule has 2 aromatic carbocycles. The van der Waals surface area contributed by atoms with Crippen molar-refractivity contribution >= 4 is 16.1 Å². The van der Waals surface area contributed by atoms with Crippen LogP contribution in [0, 0.1) is 25.2 Å². The summed E-state index contributed by atoms with van der Waals surface area (Å²) in [6.45, 7) is 4.48.